The van der Waals surface area contributed by atoms with Gasteiger partial charge in [0.05, 0.1) is 13.1 Å². The summed E-state index contributed by atoms with van der Waals surface area (Å²) in [6.07, 6.45) is 3.67. The summed E-state index contributed by atoms with van der Waals surface area (Å²) in [5.74, 6) is 1.71. The summed E-state index contributed by atoms with van der Waals surface area (Å²) < 4.78 is 10.9. The third kappa shape index (κ3) is 2.75. The van der Waals surface area contributed by atoms with Gasteiger partial charge in [-0.1, -0.05) is 5.16 Å². The van der Waals surface area contributed by atoms with Crippen molar-refractivity contribution in [2.24, 2.45) is 0 Å². The zero-order chi connectivity index (χ0) is 15.8. The second-order valence-electron chi connectivity index (χ2n) is 5.83. The lowest BCUT2D eigenvalue weighted by molar-refractivity contribution is 0.0170. The summed E-state index contributed by atoms with van der Waals surface area (Å²) in [5.41, 5.74) is 0.672. The quantitative estimate of drug-likeness (QED) is 0.853. The lowest BCUT2D eigenvalue weighted by Crippen LogP contribution is -2.56. The van der Waals surface area contributed by atoms with E-state index < -0.39 is 0 Å². The number of amides is 1. The molecule has 23 heavy (non-hydrogen) atoms. The molecular formula is C16H14N4O3. The van der Waals surface area contributed by atoms with Crippen LogP contribution in [-0.2, 0) is 0 Å². The smallest absolute Gasteiger partial charge is 0.276 e. The van der Waals surface area contributed by atoms with Gasteiger partial charge in [-0.2, -0.15) is 5.26 Å². The molecule has 7 nitrogen and oxygen atoms in total. The summed E-state index contributed by atoms with van der Waals surface area (Å²) in [7, 11) is 0. The van der Waals surface area contributed by atoms with Crippen LogP contribution in [0.3, 0.4) is 0 Å². The van der Waals surface area contributed by atoms with Crippen LogP contribution in [0.15, 0.2) is 28.9 Å². The van der Waals surface area contributed by atoms with Gasteiger partial charge in [0.15, 0.2) is 5.69 Å². The van der Waals surface area contributed by atoms with Crippen molar-refractivity contribution in [1.82, 2.24) is 15.0 Å². The van der Waals surface area contributed by atoms with Crippen molar-refractivity contribution in [2.45, 2.75) is 24.9 Å². The molecule has 2 aromatic heterocycles. The van der Waals surface area contributed by atoms with Gasteiger partial charge < -0.3 is 14.2 Å². The lowest BCUT2D eigenvalue weighted by Gasteiger charge is -2.38. The number of pyridine rings is 1. The summed E-state index contributed by atoms with van der Waals surface area (Å²) >= 11 is 0. The molecular weight excluding hydrogens is 296 g/mol. The molecule has 2 aliphatic rings. The molecule has 7 heteroatoms. The number of carbonyl (C=O) groups excluding carboxylic acids is 1. The summed E-state index contributed by atoms with van der Waals surface area (Å²) in [5, 5.41) is 12.7. The van der Waals surface area contributed by atoms with Crippen LogP contribution in [-0.4, -0.2) is 40.1 Å². The van der Waals surface area contributed by atoms with Crippen LogP contribution in [0.25, 0.3) is 0 Å². The van der Waals surface area contributed by atoms with Crippen molar-refractivity contribution >= 4 is 5.91 Å². The van der Waals surface area contributed by atoms with E-state index in [1.54, 1.807) is 23.1 Å². The molecule has 0 aromatic carbocycles. The van der Waals surface area contributed by atoms with Gasteiger partial charge in [-0.05, 0) is 18.9 Å². The molecule has 1 aliphatic heterocycles. The Hall–Kier alpha value is -2.88. The van der Waals surface area contributed by atoms with E-state index in [4.69, 9.17) is 14.5 Å². The van der Waals surface area contributed by atoms with Gasteiger partial charge in [-0.25, -0.2) is 4.98 Å². The Kier molecular flexibility index (Phi) is 3.23. The maximum absolute atomic E-state index is 12.3. The van der Waals surface area contributed by atoms with Crippen molar-refractivity contribution in [3.8, 4) is 11.8 Å². The van der Waals surface area contributed by atoms with Crippen molar-refractivity contribution in [3.63, 3.8) is 0 Å². The highest BCUT2D eigenvalue weighted by Gasteiger charge is 2.35. The molecule has 0 bridgehead atoms. The molecule has 0 atom stereocenters. The standard InChI is InChI=1S/C16H14N4O3/c17-7-11-5-12(3-4-18-11)22-13-8-20(9-13)16(21)14-6-15(23-19-14)10-1-2-10/h3-6,10,13H,1-2,8-9H2. The summed E-state index contributed by atoms with van der Waals surface area (Å²) in [6, 6.07) is 7.00. The molecule has 116 valence electrons. The van der Waals surface area contributed by atoms with Gasteiger partial charge in [0.2, 0.25) is 0 Å². The molecule has 0 radical (unpaired) electrons. The number of carbonyl (C=O) groups is 1. The van der Waals surface area contributed by atoms with Crippen LogP contribution in [0, 0.1) is 11.3 Å². The number of aromatic nitrogens is 2. The highest BCUT2D eigenvalue weighted by molar-refractivity contribution is 5.92. The van der Waals surface area contributed by atoms with E-state index in [0.717, 1.165) is 18.6 Å². The largest absolute Gasteiger partial charge is 0.487 e. The fourth-order valence-electron chi connectivity index (χ4n) is 2.53. The van der Waals surface area contributed by atoms with Crippen LogP contribution in [0.2, 0.25) is 0 Å². The normalized spacial score (nSPS) is 17.4. The third-order valence-corrected chi connectivity index (χ3v) is 4.01. The van der Waals surface area contributed by atoms with Gasteiger partial charge >= 0.3 is 0 Å². The number of rotatable bonds is 4. The Balaban J connectivity index is 1.33. The average molecular weight is 310 g/mol. The number of likely N-dealkylation sites (tertiary alicyclic amines) is 1. The Morgan fingerprint density at radius 1 is 1.39 bits per heavy atom. The molecule has 2 aromatic rings. The predicted molar refractivity (Wildman–Crippen MR) is 77.7 cm³/mol. The molecule has 0 spiro atoms. The van der Waals surface area contributed by atoms with Crippen LogP contribution >= 0.6 is 0 Å². The second kappa shape index (κ2) is 5.39. The Bertz CT molecular complexity index is 785. The van der Waals surface area contributed by atoms with E-state index >= 15 is 0 Å². The topological polar surface area (TPSA) is 92.2 Å². The van der Waals surface area contributed by atoms with E-state index in [1.165, 1.54) is 6.20 Å². The number of hydrogen-bond acceptors (Lipinski definition) is 6. The SMILES string of the molecule is N#Cc1cc(OC2CN(C(=O)c3cc(C4CC4)on3)C2)ccn1. The maximum atomic E-state index is 12.3. The van der Waals surface area contributed by atoms with Gasteiger partial charge in [0, 0.05) is 24.2 Å². The lowest BCUT2D eigenvalue weighted by atomic mass is 10.1. The molecule has 2 fully saturated rings. The van der Waals surface area contributed by atoms with E-state index in [0.29, 0.717) is 36.1 Å². The van der Waals surface area contributed by atoms with Crippen molar-refractivity contribution in [3.05, 3.63) is 41.5 Å². The van der Waals surface area contributed by atoms with Gasteiger partial charge in [-0.15, -0.1) is 0 Å². The van der Waals surface area contributed by atoms with Crippen LogP contribution in [0.5, 0.6) is 5.75 Å². The zero-order valence-corrected chi connectivity index (χ0v) is 12.3. The first-order valence-corrected chi connectivity index (χ1v) is 7.51. The Morgan fingerprint density at radius 3 is 2.96 bits per heavy atom. The molecule has 4 rings (SSSR count). The molecule has 3 heterocycles. The average Bonchev–Trinajstić information content (AvgIpc) is 3.27. The van der Waals surface area contributed by atoms with Gasteiger partial charge in [0.1, 0.15) is 29.4 Å². The first-order valence-electron chi connectivity index (χ1n) is 7.51. The van der Waals surface area contributed by atoms with E-state index in [1.807, 2.05) is 6.07 Å². The van der Waals surface area contributed by atoms with Crippen LogP contribution in [0.4, 0.5) is 0 Å². The molecule has 1 saturated carbocycles. The van der Waals surface area contributed by atoms with Crippen molar-refractivity contribution in [1.29, 1.82) is 5.26 Å². The second-order valence-corrected chi connectivity index (χ2v) is 5.83. The van der Waals surface area contributed by atoms with Crippen molar-refractivity contribution < 1.29 is 14.1 Å². The fourth-order valence-corrected chi connectivity index (χ4v) is 2.53. The van der Waals surface area contributed by atoms with Gasteiger partial charge in [-0.3, -0.25) is 4.79 Å². The highest BCUT2D eigenvalue weighted by Crippen LogP contribution is 2.40. The van der Waals surface area contributed by atoms with E-state index in [-0.39, 0.29) is 12.0 Å². The summed E-state index contributed by atoms with van der Waals surface area (Å²) in [6.45, 7) is 0.989. The van der Waals surface area contributed by atoms with E-state index in [2.05, 4.69) is 10.1 Å². The minimum absolute atomic E-state index is 0.0808. The highest BCUT2D eigenvalue weighted by atomic mass is 16.5. The minimum Gasteiger partial charge on any atom is -0.487 e. The first kappa shape index (κ1) is 13.8. The molecule has 1 saturated heterocycles. The third-order valence-electron chi connectivity index (χ3n) is 4.01. The maximum Gasteiger partial charge on any atom is 0.276 e. The first-order chi connectivity index (χ1) is 11.2. The van der Waals surface area contributed by atoms with Crippen LogP contribution < -0.4 is 4.74 Å². The Labute approximate surface area is 132 Å². The minimum atomic E-state index is -0.132. The molecule has 0 N–H and O–H groups in total. The number of nitriles is 1. The molecule has 1 aliphatic carbocycles. The van der Waals surface area contributed by atoms with Crippen molar-refractivity contribution in [2.75, 3.05) is 13.1 Å². The number of ether oxygens (including phenoxy) is 1. The molecule has 0 unspecified atom stereocenters. The van der Waals surface area contributed by atoms with E-state index in [9.17, 15) is 4.79 Å². The molecule has 1 amide bonds. The zero-order valence-electron chi connectivity index (χ0n) is 12.3. The fraction of sp³-hybridized carbons (Fsp3) is 0.375. The number of nitrogens with zero attached hydrogens (tertiary/aromatic N) is 4. The Morgan fingerprint density at radius 2 is 2.22 bits per heavy atom. The summed E-state index contributed by atoms with van der Waals surface area (Å²) in [4.78, 5) is 17.8. The van der Waals surface area contributed by atoms with Gasteiger partial charge in [0.25, 0.3) is 5.91 Å². The predicted octanol–water partition coefficient (Wildman–Crippen LogP) is 1.72. The number of hydrogen-bond donors (Lipinski definition) is 0. The monoisotopic (exact) mass is 310 g/mol. The van der Waals surface area contributed by atoms with Crippen LogP contribution in [0.1, 0.15) is 40.7 Å².